The lowest BCUT2D eigenvalue weighted by molar-refractivity contribution is -0.0501. The highest BCUT2D eigenvalue weighted by atomic mass is 32.2. The number of methoxy groups -OCH3 is 1. The van der Waals surface area contributed by atoms with Crippen LogP contribution in [0.15, 0.2) is 66.7 Å². The molecule has 1 heterocycles. The SMILES string of the molecule is COc1ccccc1-c1cc(-c2ccccc2)cc(OS(=O)(=O)C(F)(F)F)n1. The van der Waals surface area contributed by atoms with Gasteiger partial charge in [0.05, 0.1) is 12.8 Å². The summed E-state index contributed by atoms with van der Waals surface area (Å²) in [5.74, 6) is -0.274. The zero-order valence-electron chi connectivity index (χ0n) is 14.5. The number of halogens is 3. The van der Waals surface area contributed by atoms with E-state index < -0.39 is 21.5 Å². The van der Waals surface area contributed by atoms with Crippen molar-refractivity contribution in [3.63, 3.8) is 0 Å². The van der Waals surface area contributed by atoms with Crippen LogP contribution in [0.5, 0.6) is 11.6 Å². The summed E-state index contributed by atoms with van der Waals surface area (Å²) >= 11 is 0. The number of hydrogen-bond acceptors (Lipinski definition) is 5. The summed E-state index contributed by atoms with van der Waals surface area (Å²) in [6, 6.07) is 18.2. The molecule has 3 rings (SSSR count). The third-order valence-corrected chi connectivity index (χ3v) is 4.73. The Hall–Kier alpha value is -3.07. The average molecular weight is 409 g/mol. The largest absolute Gasteiger partial charge is 0.534 e. The molecule has 9 heteroatoms. The molecule has 0 atom stereocenters. The number of para-hydroxylation sites is 1. The second-order valence-corrected chi connectivity index (χ2v) is 7.17. The van der Waals surface area contributed by atoms with E-state index in [0.29, 0.717) is 22.4 Å². The number of pyridine rings is 1. The smallest absolute Gasteiger partial charge is 0.496 e. The summed E-state index contributed by atoms with van der Waals surface area (Å²) in [6.45, 7) is 0. The molecule has 0 bridgehead atoms. The number of nitrogens with zero attached hydrogens (tertiary/aromatic N) is 1. The maximum Gasteiger partial charge on any atom is 0.534 e. The highest BCUT2D eigenvalue weighted by Crippen LogP contribution is 2.35. The minimum absolute atomic E-state index is 0.200. The van der Waals surface area contributed by atoms with Crippen molar-refractivity contribution in [2.45, 2.75) is 5.51 Å². The molecule has 28 heavy (non-hydrogen) atoms. The van der Waals surface area contributed by atoms with Gasteiger partial charge in [-0.3, -0.25) is 0 Å². The topological polar surface area (TPSA) is 65.5 Å². The molecule has 0 saturated heterocycles. The Morgan fingerprint density at radius 3 is 2.18 bits per heavy atom. The molecule has 1 aromatic heterocycles. The van der Waals surface area contributed by atoms with Crippen LogP contribution in [0.2, 0.25) is 0 Å². The van der Waals surface area contributed by atoms with Crippen molar-refractivity contribution in [1.29, 1.82) is 0 Å². The molecule has 146 valence electrons. The first-order valence-electron chi connectivity index (χ1n) is 7.93. The molecule has 0 N–H and O–H groups in total. The predicted molar refractivity (Wildman–Crippen MR) is 97.3 cm³/mol. The molecular formula is C19H14F3NO4S. The van der Waals surface area contributed by atoms with Gasteiger partial charge in [-0.15, -0.1) is 0 Å². The molecular weight excluding hydrogens is 395 g/mol. The highest BCUT2D eigenvalue weighted by molar-refractivity contribution is 7.87. The Morgan fingerprint density at radius 2 is 1.54 bits per heavy atom. The molecule has 0 aliphatic carbocycles. The second-order valence-electron chi connectivity index (χ2n) is 5.63. The minimum atomic E-state index is -5.86. The van der Waals surface area contributed by atoms with Gasteiger partial charge in [-0.25, -0.2) is 4.98 Å². The Morgan fingerprint density at radius 1 is 0.893 bits per heavy atom. The normalized spacial score (nSPS) is 11.9. The van der Waals surface area contributed by atoms with E-state index in [0.717, 1.165) is 6.07 Å². The van der Waals surface area contributed by atoms with Crippen molar-refractivity contribution >= 4 is 10.1 Å². The number of alkyl halides is 3. The monoisotopic (exact) mass is 409 g/mol. The number of hydrogen-bond donors (Lipinski definition) is 0. The van der Waals surface area contributed by atoms with E-state index in [1.54, 1.807) is 60.7 Å². The van der Waals surface area contributed by atoms with Gasteiger partial charge in [-0.05, 0) is 29.3 Å². The van der Waals surface area contributed by atoms with Gasteiger partial charge in [0.1, 0.15) is 5.75 Å². The maximum atomic E-state index is 12.7. The summed E-state index contributed by atoms with van der Waals surface area (Å²) in [7, 11) is -4.42. The first-order valence-corrected chi connectivity index (χ1v) is 9.34. The minimum Gasteiger partial charge on any atom is -0.496 e. The van der Waals surface area contributed by atoms with Gasteiger partial charge < -0.3 is 8.92 Å². The van der Waals surface area contributed by atoms with Gasteiger partial charge in [-0.1, -0.05) is 42.5 Å². The molecule has 0 unspecified atom stereocenters. The first kappa shape index (κ1) is 19.7. The fourth-order valence-corrected chi connectivity index (χ4v) is 2.90. The summed E-state index contributed by atoms with van der Waals surface area (Å²) < 4.78 is 70.5. The van der Waals surface area contributed by atoms with E-state index in [-0.39, 0.29) is 5.69 Å². The predicted octanol–water partition coefficient (Wildman–Crippen LogP) is 4.65. The fourth-order valence-electron chi connectivity index (χ4n) is 2.50. The first-order chi connectivity index (χ1) is 13.2. The average Bonchev–Trinajstić information content (AvgIpc) is 2.67. The van der Waals surface area contributed by atoms with Crippen LogP contribution in [0.25, 0.3) is 22.4 Å². The fraction of sp³-hybridized carbons (Fsp3) is 0.105. The maximum absolute atomic E-state index is 12.7. The van der Waals surface area contributed by atoms with Crippen LogP contribution in [0.1, 0.15) is 0 Å². The van der Waals surface area contributed by atoms with Crippen LogP contribution in [0, 0.1) is 0 Å². The van der Waals surface area contributed by atoms with E-state index in [9.17, 15) is 21.6 Å². The van der Waals surface area contributed by atoms with E-state index in [1.807, 2.05) is 0 Å². The van der Waals surface area contributed by atoms with Crippen LogP contribution >= 0.6 is 0 Å². The lowest BCUT2D eigenvalue weighted by Gasteiger charge is -2.13. The zero-order valence-corrected chi connectivity index (χ0v) is 15.3. The van der Waals surface area contributed by atoms with Crippen molar-refractivity contribution in [3.8, 4) is 34.0 Å². The molecule has 0 amide bonds. The molecule has 0 aliphatic rings. The van der Waals surface area contributed by atoms with Crippen LogP contribution in [-0.4, -0.2) is 26.0 Å². The number of ether oxygens (including phenoxy) is 1. The number of rotatable bonds is 5. The summed E-state index contributed by atoms with van der Waals surface area (Å²) in [5, 5.41) is 0. The Balaban J connectivity index is 2.18. The van der Waals surface area contributed by atoms with Crippen molar-refractivity contribution in [3.05, 3.63) is 66.7 Å². The molecule has 0 aliphatic heterocycles. The molecule has 0 saturated carbocycles. The lowest BCUT2D eigenvalue weighted by atomic mass is 10.0. The van der Waals surface area contributed by atoms with E-state index in [2.05, 4.69) is 9.17 Å². The standard InChI is InChI=1S/C19H14F3NO4S/c1-26-17-10-6-5-9-15(17)16-11-14(13-7-3-2-4-8-13)12-18(23-16)27-28(24,25)19(20,21)22/h2-12H,1H3. The summed E-state index contributed by atoms with van der Waals surface area (Å²) in [4.78, 5) is 3.96. The molecule has 2 aromatic carbocycles. The van der Waals surface area contributed by atoms with Crippen molar-refractivity contribution < 1.29 is 30.5 Å². The lowest BCUT2D eigenvalue weighted by Crippen LogP contribution is -2.28. The summed E-state index contributed by atoms with van der Waals surface area (Å²) in [6.07, 6.45) is 0. The van der Waals surface area contributed by atoms with Crippen LogP contribution < -0.4 is 8.92 Å². The second kappa shape index (κ2) is 7.51. The third kappa shape index (κ3) is 4.09. The third-order valence-electron chi connectivity index (χ3n) is 3.77. The van der Waals surface area contributed by atoms with Crippen LogP contribution in [0.3, 0.4) is 0 Å². The van der Waals surface area contributed by atoms with E-state index in [4.69, 9.17) is 4.74 Å². The van der Waals surface area contributed by atoms with Gasteiger partial charge in [-0.2, -0.15) is 21.6 Å². The van der Waals surface area contributed by atoms with Crippen LogP contribution in [-0.2, 0) is 10.1 Å². The van der Waals surface area contributed by atoms with Crippen LogP contribution in [0.4, 0.5) is 13.2 Å². The Kier molecular flexibility index (Phi) is 5.28. The van der Waals surface area contributed by atoms with Crippen molar-refractivity contribution in [2.75, 3.05) is 7.11 Å². The summed E-state index contributed by atoms with van der Waals surface area (Å²) in [5.41, 5.74) is -3.82. The van der Waals surface area contributed by atoms with E-state index in [1.165, 1.54) is 7.11 Å². The van der Waals surface area contributed by atoms with Gasteiger partial charge in [0.25, 0.3) is 0 Å². The Labute approximate surface area is 159 Å². The number of benzene rings is 2. The quantitative estimate of drug-likeness (QED) is 0.453. The molecule has 0 spiro atoms. The van der Waals surface area contributed by atoms with Gasteiger partial charge in [0.2, 0.25) is 5.88 Å². The number of aromatic nitrogens is 1. The van der Waals surface area contributed by atoms with E-state index >= 15 is 0 Å². The van der Waals surface area contributed by atoms with Crippen molar-refractivity contribution in [1.82, 2.24) is 4.98 Å². The van der Waals surface area contributed by atoms with Gasteiger partial charge in [0, 0.05) is 11.6 Å². The van der Waals surface area contributed by atoms with Crippen molar-refractivity contribution in [2.24, 2.45) is 0 Å². The molecule has 0 fully saturated rings. The highest BCUT2D eigenvalue weighted by Gasteiger charge is 2.49. The molecule has 0 radical (unpaired) electrons. The zero-order chi connectivity index (χ0) is 20.4. The molecule has 5 nitrogen and oxygen atoms in total. The Bertz CT molecular complexity index is 1080. The van der Waals surface area contributed by atoms with Gasteiger partial charge >= 0.3 is 15.6 Å². The van der Waals surface area contributed by atoms with Gasteiger partial charge in [0.15, 0.2) is 0 Å². The molecule has 3 aromatic rings.